The normalized spacial score (nSPS) is 13.1. The van der Waals surface area contributed by atoms with Crippen LogP contribution in [0, 0.1) is 0 Å². The molecule has 0 aliphatic carbocycles. The molecule has 1 atom stereocenters. The molecule has 0 bridgehead atoms. The summed E-state index contributed by atoms with van der Waals surface area (Å²) in [6, 6.07) is 0. The maximum absolute atomic E-state index is 9.84. The molecule has 1 N–H and O–H groups in total. The zero-order valence-electron chi connectivity index (χ0n) is 5.13. The highest BCUT2D eigenvalue weighted by Crippen LogP contribution is 2.01. The van der Waals surface area contributed by atoms with Crippen LogP contribution in [0.4, 0.5) is 0 Å². The second-order valence-electron chi connectivity index (χ2n) is 1.52. The first-order valence-electron chi connectivity index (χ1n) is 2.64. The van der Waals surface area contributed by atoms with Crippen molar-refractivity contribution in [3.63, 3.8) is 0 Å². The van der Waals surface area contributed by atoms with E-state index in [0.717, 1.165) is 0 Å². The van der Waals surface area contributed by atoms with Gasteiger partial charge in [-0.15, -0.1) is 0 Å². The average Bonchev–Trinajstić information content (AvgIpc) is 1.83. The summed E-state index contributed by atoms with van der Waals surface area (Å²) in [6.45, 7) is 1.50. The van der Waals surface area contributed by atoms with Crippen molar-refractivity contribution in [2.45, 2.75) is 18.9 Å². The van der Waals surface area contributed by atoms with E-state index in [9.17, 15) is 4.79 Å². The van der Waals surface area contributed by atoms with E-state index in [1.54, 1.807) is 0 Å². The minimum absolute atomic E-state index is 0.317. The zero-order valence-corrected chi connectivity index (χ0v) is 5.89. The molecule has 0 aromatic carbocycles. The standard InChI is InChI=1S/C5H9ClO3/c1-2-4(6)9-3-5(7)8/h4H,2-3H2,1H3,(H,7,8). The number of aliphatic carboxylic acids is 1. The van der Waals surface area contributed by atoms with Gasteiger partial charge >= 0.3 is 5.97 Å². The third-order valence-electron chi connectivity index (χ3n) is 0.709. The Balaban J connectivity index is 3.16. The number of rotatable bonds is 4. The Morgan fingerprint density at radius 3 is 2.78 bits per heavy atom. The average molecular weight is 153 g/mol. The summed E-state index contributed by atoms with van der Waals surface area (Å²) in [5.41, 5.74) is -0.471. The van der Waals surface area contributed by atoms with E-state index in [0.29, 0.717) is 6.42 Å². The van der Waals surface area contributed by atoms with Crippen LogP contribution in [0.5, 0.6) is 0 Å². The van der Waals surface area contributed by atoms with E-state index in [1.807, 2.05) is 6.92 Å². The molecule has 0 rings (SSSR count). The van der Waals surface area contributed by atoms with E-state index in [2.05, 4.69) is 4.74 Å². The highest BCUT2D eigenvalue weighted by atomic mass is 35.5. The van der Waals surface area contributed by atoms with Gasteiger partial charge in [0.05, 0.1) is 0 Å². The van der Waals surface area contributed by atoms with Gasteiger partial charge in [0.2, 0.25) is 0 Å². The van der Waals surface area contributed by atoms with Crippen molar-refractivity contribution in [3.8, 4) is 0 Å². The van der Waals surface area contributed by atoms with Gasteiger partial charge in [0.15, 0.2) is 0 Å². The van der Waals surface area contributed by atoms with Crippen LogP contribution < -0.4 is 0 Å². The maximum Gasteiger partial charge on any atom is 0.329 e. The molecule has 4 heteroatoms. The van der Waals surface area contributed by atoms with Crippen LogP contribution in [0.2, 0.25) is 0 Å². The molecule has 9 heavy (non-hydrogen) atoms. The predicted octanol–water partition coefficient (Wildman–Crippen LogP) is 1.06. The van der Waals surface area contributed by atoms with Crippen molar-refractivity contribution in [2.75, 3.05) is 6.61 Å². The largest absolute Gasteiger partial charge is 0.480 e. The fraction of sp³-hybridized carbons (Fsp3) is 0.800. The first-order valence-corrected chi connectivity index (χ1v) is 3.08. The van der Waals surface area contributed by atoms with Crippen molar-refractivity contribution < 1.29 is 14.6 Å². The van der Waals surface area contributed by atoms with Crippen molar-refractivity contribution >= 4 is 17.6 Å². The lowest BCUT2D eigenvalue weighted by Gasteiger charge is -2.03. The third-order valence-corrected chi connectivity index (χ3v) is 1.14. The lowest BCUT2D eigenvalue weighted by molar-refractivity contribution is -0.142. The molecule has 0 aliphatic heterocycles. The Bertz CT molecular complexity index is 94.2. The van der Waals surface area contributed by atoms with Gasteiger partial charge in [-0.2, -0.15) is 0 Å². The molecule has 0 aromatic rings. The van der Waals surface area contributed by atoms with Gasteiger partial charge in [-0.1, -0.05) is 18.5 Å². The lowest BCUT2D eigenvalue weighted by Crippen LogP contribution is -2.12. The van der Waals surface area contributed by atoms with Crippen LogP contribution in [0.3, 0.4) is 0 Å². The van der Waals surface area contributed by atoms with Gasteiger partial charge < -0.3 is 9.84 Å². The third kappa shape index (κ3) is 5.59. The van der Waals surface area contributed by atoms with Crippen molar-refractivity contribution in [3.05, 3.63) is 0 Å². The number of halogens is 1. The smallest absolute Gasteiger partial charge is 0.329 e. The number of hydrogen-bond donors (Lipinski definition) is 1. The Labute approximate surface area is 58.6 Å². The fourth-order valence-electron chi connectivity index (χ4n) is 0.280. The quantitative estimate of drug-likeness (QED) is 0.613. The molecule has 0 aliphatic rings. The SMILES string of the molecule is CCC(Cl)OCC(=O)O. The molecule has 0 fully saturated rings. The highest BCUT2D eigenvalue weighted by molar-refractivity contribution is 6.19. The lowest BCUT2D eigenvalue weighted by atomic mass is 10.5. The second kappa shape index (κ2) is 4.58. The van der Waals surface area contributed by atoms with Crippen LogP contribution in [0.1, 0.15) is 13.3 Å². The molecule has 0 spiro atoms. The van der Waals surface area contributed by atoms with E-state index in [1.165, 1.54) is 0 Å². The number of carbonyl (C=O) groups is 1. The molecule has 54 valence electrons. The van der Waals surface area contributed by atoms with Crippen LogP contribution in [-0.2, 0) is 9.53 Å². The predicted molar refractivity (Wildman–Crippen MR) is 33.5 cm³/mol. The monoisotopic (exact) mass is 152 g/mol. The molecule has 0 saturated heterocycles. The number of carboxylic acid groups (broad SMARTS) is 1. The van der Waals surface area contributed by atoms with Gasteiger partial charge in [0.25, 0.3) is 0 Å². The van der Waals surface area contributed by atoms with E-state index < -0.39 is 11.5 Å². The van der Waals surface area contributed by atoms with Gasteiger partial charge in [-0.05, 0) is 6.42 Å². The molecule has 1 unspecified atom stereocenters. The summed E-state index contributed by atoms with van der Waals surface area (Å²) in [6.07, 6.45) is 0.620. The Kier molecular flexibility index (Phi) is 4.44. The maximum atomic E-state index is 9.84. The summed E-state index contributed by atoms with van der Waals surface area (Å²) in [5, 5.41) is 8.07. The summed E-state index contributed by atoms with van der Waals surface area (Å²) >= 11 is 5.42. The van der Waals surface area contributed by atoms with Crippen molar-refractivity contribution in [1.29, 1.82) is 0 Å². The van der Waals surface area contributed by atoms with Crippen LogP contribution in [-0.4, -0.2) is 23.2 Å². The molecular weight excluding hydrogens is 144 g/mol. The Morgan fingerprint density at radius 2 is 2.44 bits per heavy atom. The number of ether oxygens (including phenoxy) is 1. The molecule has 0 aromatic heterocycles. The van der Waals surface area contributed by atoms with Crippen LogP contribution in [0.15, 0.2) is 0 Å². The van der Waals surface area contributed by atoms with Gasteiger partial charge in [0.1, 0.15) is 12.2 Å². The molecule has 0 saturated carbocycles. The fourth-order valence-corrected chi connectivity index (χ4v) is 0.343. The zero-order chi connectivity index (χ0) is 7.28. The Hall–Kier alpha value is -0.280. The topological polar surface area (TPSA) is 46.5 Å². The minimum atomic E-state index is -0.992. The van der Waals surface area contributed by atoms with E-state index >= 15 is 0 Å². The van der Waals surface area contributed by atoms with Crippen molar-refractivity contribution in [2.24, 2.45) is 0 Å². The summed E-state index contributed by atoms with van der Waals surface area (Å²) in [4.78, 5) is 9.84. The van der Waals surface area contributed by atoms with Gasteiger partial charge in [-0.25, -0.2) is 4.79 Å². The first kappa shape index (κ1) is 8.72. The molecule has 0 amide bonds. The van der Waals surface area contributed by atoms with Crippen LogP contribution >= 0.6 is 11.6 Å². The first-order chi connectivity index (χ1) is 4.16. The second-order valence-corrected chi connectivity index (χ2v) is 2.01. The number of carboxylic acids is 1. The number of alkyl halides is 1. The van der Waals surface area contributed by atoms with Gasteiger partial charge in [0, 0.05) is 0 Å². The molecule has 0 radical (unpaired) electrons. The molecular formula is C5H9ClO3. The summed E-state index contributed by atoms with van der Waals surface area (Å²) in [7, 11) is 0. The minimum Gasteiger partial charge on any atom is -0.480 e. The van der Waals surface area contributed by atoms with Crippen molar-refractivity contribution in [1.82, 2.24) is 0 Å². The summed E-state index contributed by atoms with van der Waals surface area (Å²) < 4.78 is 4.62. The summed E-state index contributed by atoms with van der Waals surface area (Å²) in [5.74, 6) is -0.992. The molecule has 3 nitrogen and oxygen atoms in total. The van der Waals surface area contributed by atoms with Gasteiger partial charge in [-0.3, -0.25) is 0 Å². The Morgan fingerprint density at radius 1 is 1.89 bits per heavy atom. The highest BCUT2D eigenvalue weighted by Gasteiger charge is 2.02. The van der Waals surface area contributed by atoms with E-state index in [-0.39, 0.29) is 6.61 Å². The van der Waals surface area contributed by atoms with E-state index in [4.69, 9.17) is 16.7 Å². The molecule has 0 heterocycles. The van der Waals surface area contributed by atoms with Crippen LogP contribution in [0.25, 0.3) is 0 Å². The number of hydrogen-bond acceptors (Lipinski definition) is 2.